The molecule has 4 heteroatoms. The predicted octanol–water partition coefficient (Wildman–Crippen LogP) is 3.03. The Morgan fingerprint density at radius 2 is 1.12 bits per heavy atom. The Bertz CT molecular complexity index is 694. The van der Waals surface area contributed by atoms with Gasteiger partial charge in [0.25, 0.3) is 0 Å². The van der Waals surface area contributed by atoms with Crippen LogP contribution >= 0.6 is 0 Å². The van der Waals surface area contributed by atoms with Crippen molar-refractivity contribution < 1.29 is 19.8 Å². The molecule has 3 aliphatic rings. The van der Waals surface area contributed by atoms with Gasteiger partial charge in [-0.15, -0.1) is 0 Å². The molecule has 0 bridgehead atoms. The van der Waals surface area contributed by atoms with E-state index in [4.69, 9.17) is 0 Å². The molecule has 0 radical (unpaired) electrons. The number of carbonyl (C=O) groups is 2. The lowest BCUT2D eigenvalue weighted by Crippen LogP contribution is -2.32. The maximum atomic E-state index is 11.3. The van der Waals surface area contributed by atoms with Gasteiger partial charge in [0.1, 0.15) is 11.5 Å². The molecule has 3 aliphatic carbocycles. The first kappa shape index (κ1) is 16.2. The van der Waals surface area contributed by atoms with E-state index in [9.17, 15) is 19.8 Å². The quantitative estimate of drug-likeness (QED) is 0.568. The molecule has 2 atom stereocenters. The Morgan fingerprint density at radius 3 is 1.54 bits per heavy atom. The normalized spacial score (nSPS) is 24.0. The van der Waals surface area contributed by atoms with Crippen molar-refractivity contribution in [2.45, 2.75) is 25.7 Å². The molecule has 1 aromatic carbocycles. The fourth-order valence-electron chi connectivity index (χ4n) is 3.38. The van der Waals surface area contributed by atoms with Crippen LogP contribution < -0.4 is 0 Å². The van der Waals surface area contributed by atoms with E-state index >= 15 is 0 Å². The summed E-state index contributed by atoms with van der Waals surface area (Å²) in [5, 5.41) is 18.9. The van der Waals surface area contributed by atoms with Crippen LogP contribution in [0.2, 0.25) is 0 Å². The van der Waals surface area contributed by atoms with E-state index in [0.29, 0.717) is 0 Å². The molecule has 0 fully saturated rings. The van der Waals surface area contributed by atoms with Crippen LogP contribution in [0, 0.1) is 11.8 Å². The topological polar surface area (TPSA) is 74.6 Å². The molecule has 0 saturated carbocycles. The van der Waals surface area contributed by atoms with Crippen molar-refractivity contribution in [1.29, 1.82) is 0 Å². The number of carbonyl (C=O) groups excluding carboxylic acids is 2. The summed E-state index contributed by atoms with van der Waals surface area (Å²) in [5.74, 6) is 0.673. The molecule has 0 heterocycles. The highest BCUT2D eigenvalue weighted by molar-refractivity contribution is 6.07. The number of rotatable bonds is 0. The lowest BCUT2D eigenvalue weighted by atomic mass is 9.75. The Balaban J connectivity index is 0.000000141. The predicted molar refractivity (Wildman–Crippen MR) is 90.8 cm³/mol. The lowest BCUT2D eigenvalue weighted by molar-refractivity contribution is -0.129. The molecule has 1 aromatic rings. The second kappa shape index (κ2) is 6.87. The highest BCUT2D eigenvalue weighted by atomic mass is 16.3. The van der Waals surface area contributed by atoms with Crippen molar-refractivity contribution in [3.8, 4) is 11.5 Å². The van der Waals surface area contributed by atoms with Gasteiger partial charge in [-0.1, -0.05) is 24.3 Å². The summed E-state index contributed by atoms with van der Waals surface area (Å²) in [6.45, 7) is 0. The third kappa shape index (κ3) is 3.18. The Morgan fingerprint density at radius 1 is 0.708 bits per heavy atom. The minimum atomic E-state index is -0.0625. The van der Waals surface area contributed by atoms with Gasteiger partial charge in [-0.05, 0) is 50.0 Å². The molecule has 0 saturated heterocycles. The van der Waals surface area contributed by atoms with Crippen molar-refractivity contribution >= 4 is 11.6 Å². The third-order valence-corrected chi connectivity index (χ3v) is 4.77. The fourth-order valence-corrected chi connectivity index (χ4v) is 3.38. The average Bonchev–Trinajstić information content (AvgIpc) is 2.63. The van der Waals surface area contributed by atoms with Crippen LogP contribution in [0.15, 0.2) is 48.6 Å². The van der Waals surface area contributed by atoms with Gasteiger partial charge in [0, 0.05) is 23.0 Å². The van der Waals surface area contributed by atoms with Crippen LogP contribution in [-0.2, 0) is 22.4 Å². The first-order valence-electron chi connectivity index (χ1n) is 8.16. The Labute approximate surface area is 140 Å². The van der Waals surface area contributed by atoms with Gasteiger partial charge >= 0.3 is 0 Å². The second-order valence-electron chi connectivity index (χ2n) is 6.23. The monoisotopic (exact) mass is 324 g/mol. The smallest absolute Gasteiger partial charge is 0.159 e. The van der Waals surface area contributed by atoms with E-state index in [1.165, 1.54) is 24.3 Å². The standard InChI is InChI=1S/2C10H10O2/c2*11-9-5-6-10(12)8-4-2-1-3-7(8)9/h1-2,5-6,11-12H,3-4H2;1-2,5-8H,3-4H2. The molecule has 24 heavy (non-hydrogen) atoms. The number of allylic oxidation sites excluding steroid dienone is 6. The largest absolute Gasteiger partial charge is 0.508 e. The zero-order chi connectivity index (χ0) is 17.1. The number of aromatic hydroxyl groups is 2. The number of phenols is 2. The maximum Gasteiger partial charge on any atom is 0.159 e. The van der Waals surface area contributed by atoms with Crippen LogP contribution in [-0.4, -0.2) is 21.8 Å². The lowest BCUT2D eigenvalue weighted by Gasteiger charge is -2.26. The number of phenolic OH excluding ortho intramolecular Hbond substituents is 2. The molecule has 4 rings (SSSR count). The highest BCUT2D eigenvalue weighted by Gasteiger charge is 2.34. The van der Waals surface area contributed by atoms with Crippen molar-refractivity contribution in [1.82, 2.24) is 0 Å². The van der Waals surface area contributed by atoms with E-state index in [-0.39, 0.29) is 34.9 Å². The number of fused-ring (bicyclic) bond motifs is 2. The van der Waals surface area contributed by atoms with Crippen molar-refractivity contribution in [2.75, 3.05) is 0 Å². The molecule has 2 N–H and O–H groups in total. The number of benzene rings is 1. The summed E-state index contributed by atoms with van der Waals surface area (Å²) >= 11 is 0. The highest BCUT2D eigenvalue weighted by Crippen LogP contribution is 2.32. The number of hydrogen-bond acceptors (Lipinski definition) is 4. The molecule has 0 aliphatic heterocycles. The van der Waals surface area contributed by atoms with Gasteiger partial charge in [-0.25, -0.2) is 0 Å². The van der Waals surface area contributed by atoms with E-state index in [1.54, 1.807) is 0 Å². The van der Waals surface area contributed by atoms with E-state index in [1.807, 2.05) is 24.3 Å². The third-order valence-electron chi connectivity index (χ3n) is 4.77. The first-order chi connectivity index (χ1) is 11.6. The molecule has 0 amide bonds. The number of ketones is 2. The van der Waals surface area contributed by atoms with Crippen molar-refractivity contribution in [2.24, 2.45) is 11.8 Å². The van der Waals surface area contributed by atoms with Crippen LogP contribution in [0.5, 0.6) is 11.5 Å². The van der Waals surface area contributed by atoms with Gasteiger partial charge in [-0.3, -0.25) is 9.59 Å². The van der Waals surface area contributed by atoms with Crippen LogP contribution in [0.4, 0.5) is 0 Å². The van der Waals surface area contributed by atoms with Gasteiger partial charge in [-0.2, -0.15) is 0 Å². The zero-order valence-corrected chi connectivity index (χ0v) is 13.3. The first-order valence-corrected chi connectivity index (χ1v) is 8.16. The minimum absolute atomic E-state index is 0.0625. The summed E-state index contributed by atoms with van der Waals surface area (Å²) in [6, 6.07) is 3.07. The number of hydrogen-bond donors (Lipinski definition) is 2. The van der Waals surface area contributed by atoms with Gasteiger partial charge in [0.05, 0.1) is 0 Å². The summed E-state index contributed by atoms with van der Waals surface area (Å²) in [7, 11) is 0. The summed E-state index contributed by atoms with van der Waals surface area (Å²) in [6.07, 6.45) is 13.7. The van der Waals surface area contributed by atoms with Gasteiger partial charge in [0.2, 0.25) is 0 Å². The maximum absolute atomic E-state index is 11.3. The Kier molecular flexibility index (Phi) is 4.65. The van der Waals surface area contributed by atoms with Gasteiger partial charge < -0.3 is 10.2 Å². The van der Waals surface area contributed by atoms with Gasteiger partial charge in [0.15, 0.2) is 11.6 Å². The van der Waals surface area contributed by atoms with Crippen LogP contribution in [0.3, 0.4) is 0 Å². The van der Waals surface area contributed by atoms with E-state index in [2.05, 4.69) is 0 Å². The summed E-state index contributed by atoms with van der Waals surface area (Å²) in [4.78, 5) is 22.6. The second-order valence-corrected chi connectivity index (χ2v) is 6.23. The molecule has 0 aromatic heterocycles. The molecule has 4 nitrogen and oxygen atoms in total. The molecular formula is C20H20O4. The molecule has 2 unspecified atom stereocenters. The zero-order valence-electron chi connectivity index (χ0n) is 13.3. The molecule has 0 spiro atoms. The minimum Gasteiger partial charge on any atom is -0.508 e. The van der Waals surface area contributed by atoms with Crippen LogP contribution in [0.25, 0.3) is 0 Å². The summed E-state index contributed by atoms with van der Waals surface area (Å²) < 4.78 is 0. The summed E-state index contributed by atoms with van der Waals surface area (Å²) in [5.41, 5.74) is 1.72. The molecule has 124 valence electrons. The van der Waals surface area contributed by atoms with E-state index in [0.717, 1.165) is 36.8 Å². The fraction of sp³-hybridized carbons (Fsp3) is 0.300. The average molecular weight is 324 g/mol. The van der Waals surface area contributed by atoms with Crippen molar-refractivity contribution in [3.05, 3.63) is 59.7 Å². The molecular weight excluding hydrogens is 304 g/mol. The Hall–Kier alpha value is -2.62. The van der Waals surface area contributed by atoms with Crippen LogP contribution in [0.1, 0.15) is 24.0 Å². The SMILES string of the molecule is O=C1C=CC(=O)C2CC=CCC12.Oc1ccc(O)c2c1CC=CC2. The van der Waals surface area contributed by atoms with Crippen molar-refractivity contribution in [3.63, 3.8) is 0 Å². The van der Waals surface area contributed by atoms with E-state index < -0.39 is 0 Å².